The molecular formula is C17H19N3OS2. The van der Waals surface area contributed by atoms with Crippen LogP contribution in [0.4, 0.5) is 5.13 Å². The number of amides is 1. The molecule has 0 unspecified atom stereocenters. The number of nitrogens with zero attached hydrogens (tertiary/aromatic N) is 2. The molecule has 0 radical (unpaired) electrons. The molecular weight excluding hydrogens is 326 g/mol. The van der Waals surface area contributed by atoms with Crippen LogP contribution in [0.25, 0.3) is 0 Å². The van der Waals surface area contributed by atoms with Crippen molar-refractivity contribution in [2.45, 2.75) is 32.7 Å². The fraction of sp³-hybridized carbons (Fsp3) is 0.294. The van der Waals surface area contributed by atoms with E-state index in [-0.39, 0.29) is 5.91 Å². The maximum absolute atomic E-state index is 12.6. The summed E-state index contributed by atoms with van der Waals surface area (Å²) in [6.07, 6.45) is 4.71. The van der Waals surface area contributed by atoms with E-state index >= 15 is 0 Å². The highest BCUT2D eigenvalue weighted by Gasteiger charge is 2.16. The lowest BCUT2D eigenvalue weighted by molar-refractivity contribution is 0.101. The lowest BCUT2D eigenvalue weighted by atomic mass is 10.1. The molecule has 4 nitrogen and oxygen atoms in total. The summed E-state index contributed by atoms with van der Waals surface area (Å²) >= 11 is 3.18. The van der Waals surface area contributed by atoms with E-state index in [1.165, 1.54) is 21.8 Å². The van der Waals surface area contributed by atoms with Gasteiger partial charge < -0.3 is 4.57 Å². The molecule has 1 amide bonds. The summed E-state index contributed by atoms with van der Waals surface area (Å²) in [4.78, 5) is 18.0. The molecule has 3 aromatic heterocycles. The normalized spacial score (nSPS) is 11.1. The number of aryl methyl sites for hydroxylation is 2. The summed E-state index contributed by atoms with van der Waals surface area (Å²) in [6.45, 7) is 5.08. The second-order valence-corrected chi connectivity index (χ2v) is 7.55. The zero-order valence-corrected chi connectivity index (χ0v) is 14.8. The van der Waals surface area contributed by atoms with Crippen molar-refractivity contribution < 1.29 is 4.79 Å². The molecule has 120 valence electrons. The van der Waals surface area contributed by atoms with E-state index < -0.39 is 0 Å². The Labute approximate surface area is 143 Å². The lowest BCUT2D eigenvalue weighted by Crippen LogP contribution is -2.17. The van der Waals surface area contributed by atoms with Crippen LogP contribution in [0.3, 0.4) is 0 Å². The molecule has 1 N–H and O–H groups in total. The van der Waals surface area contributed by atoms with Gasteiger partial charge in [-0.25, -0.2) is 4.98 Å². The molecule has 3 heterocycles. The van der Waals surface area contributed by atoms with Crippen LogP contribution in [0.2, 0.25) is 0 Å². The number of thiophene rings is 1. The van der Waals surface area contributed by atoms with Crippen LogP contribution in [-0.4, -0.2) is 15.5 Å². The molecule has 0 aliphatic rings. The third-order valence-electron chi connectivity index (χ3n) is 3.65. The molecule has 0 bridgehead atoms. The molecule has 0 aromatic carbocycles. The van der Waals surface area contributed by atoms with Gasteiger partial charge in [-0.05, 0) is 35.4 Å². The second-order valence-electron chi connectivity index (χ2n) is 5.63. The van der Waals surface area contributed by atoms with Crippen LogP contribution in [-0.2, 0) is 13.0 Å². The fourth-order valence-electron chi connectivity index (χ4n) is 2.36. The van der Waals surface area contributed by atoms with Gasteiger partial charge in [-0.1, -0.05) is 19.9 Å². The Hall–Kier alpha value is -1.92. The van der Waals surface area contributed by atoms with E-state index in [2.05, 4.69) is 52.4 Å². The Balaban J connectivity index is 1.80. The summed E-state index contributed by atoms with van der Waals surface area (Å²) in [5, 5.41) is 7.44. The first-order valence-corrected chi connectivity index (χ1v) is 9.32. The first-order chi connectivity index (χ1) is 11.1. The number of carbonyl (C=O) groups is 1. The van der Waals surface area contributed by atoms with Crippen molar-refractivity contribution in [2.24, 2.45) is 0 Å². The van der Waals surface area contributed by atoms with Crippen LogP contribution in [0.5, 0.6) is 0 Å². The van der Waals surface area contributed by atoms with Gasteiger partial charge >= 0.3 is 0 Å². The monoisotopic (exact) mass is 345 g/mol. The summed E-state index contributed by atoms with van der Waals surface area (Å²) in [5.74, 6) is 0.294. The SMILES string of the molecule is CC(C)c1cc(C(=O)Nc2nccs2)n(CCc2cccs2)c1. The van der Waals surface area contributed by atoms with Gasteiger partial charge in [-0.15, -0.1) is 22.7 Å². The highest BCUT2D eigenvalue weighted by Crippen LogP contribution is 2.21. The standard InChI is InChI=1S/C17H19N3OS2/c1-12(2)13-10-15(16(21)19-17-18-6-9-23-17)20(11-13)7-5-14-4-3-8-22-14/h3-4,6,8-12H,5,7H2,1-2H3,(H,18,19,21). The molecule has 0 saturated heterocycles. The molecule has 23 heavy (non-hydrogen) atoms. The van der Waals surface area contributed by atoms with Crippen LogP contribution in [0, 0.1) is 0 Å². The van der Waals surface area contributed by atoms with E-state index in [4.69, 9.17) is 0 Å². The average molecular weight is 345 g/mol. The van der Waals surface area contributed by atoms with Gasteiger partial charge in [0.2, 0.25) is 0 Å². The minimum absolute atomic E-state index is 0.0990. The van der Waals surface area contributed by atoms with Crippen molar-refractivity contribution in [3.05, 3.63) is 57.5 Å². The molecule has 0 aliphatic carbocycles. The van der Waals surface area contributed by atoms with E-state index in [1.54, 1.807) is 17.5 Å². The summed E-state index contributed by atoms with van der Waals surface area (Å²) in [5.41, 5.74) is 1.88. The van der Waals surface area contributed by atoms with E-state index in [9.17, 15) is 4.79 Å². The molecule has 3 aromatic rings. The highest BCUT2D eigenvalue weighted by atomic mass is 32.1. The van der Waals surface area contributed by atoms with Gasteiger partial charge in [0.05, 0.1) is 0 Å². The van der Waals surface area contributed by atoms with Crippen LogP contribution in [0.15, 0.2) is 41.4 Å². The Morgan fingerprint density at radius 2 is 2.22 bits per heavy atom. The number of carbonyl (C=O) groups excluding carboxylic acids is 1. The Morgan fingerprint density at radius 3 is 2.87 bits per heavy atom. The van der Waals surface area contributed by atoms with Crippen LogP contribution >= 0.6 is 22.7 Å². The zero-order chi connectivity index (χ0) is 16.2. The maximum Gasteiger partial charge on any atom is 0.274 e. The first-order valence-electron chi connectivity index (χ1n) is 7.57. The van der Waals surface area contributed by atoms with Gasteiger partial charge in [0.15, 0.2) is 5.13 Å². The molecule has 0 atom stereocenters. The maximum atomic E-state index is 12.6. The van der Waals surface area contributed by atoms with Gasteiger partial charge in [0.25, 0.3) is 5.91 Å². The fourth-order valence-corrected chi connectivity index (χ4v) is 3.58. The Bertz CT molecular complexity index is 758. The molecule has 0 fully saturated rings. The number of hydrogen-bond acceptors (Lipinski definition) is 4. The third kappa shape index (κ3) is 3.89. The van der Waals surface area contributed by atoms with Crippen molar-refractivity contribution >= 4 is 33.7 Å². The smallest absolute Gasteiger partial charge is 0.274 e. The Morgan fingerprint density at radius 1 is 1.35 bits per heavy atom. The van der Waals surface area contributed by atoms with Gasteiger partial charge in [-0.2, -0.15) is 0 Å². The van der Waals surface area contributed by atoms with E-state index in [0.29, 0.717) is 16.7 Å². The topological polar surface area (TPSA) is 46.9 Å². The number of aromatic nitrogens is 2. The second kappa shape index (κ2) is 7.10. The van der Waals surface area contributed by atoms with Crippen LogP contribution < -0.4 is 5.32 Å². The van der Waals surface area contributed by atoms with Crippen molar-refractivity contribution in [1.29, 1.82) is 0 Å². The number of rotatable bonds is 6. The van der Waals surface area contributed by atoms with Gasteiger partial charge in [-0.3, -0.25) is 10.1 Å². The Kier molecular flexibility index (Phi) is 4.93. The number of thiazole rings is 1. The number of hydrogen-bond donors (Lipinski definition) is 1. The molecule has 6 heteroatoms. The lowest BCUT2D eigenvalue weighted by Gasteiger charge is -2.08. The molecule has 3 rings (SSSR count). The summed E-state index contributed by atoms with van der Waals surface area (Å²) < 4.78 is 2.05. The molecule has 0 spiro atoms. The van der Waals surface area contributed by atoms with Crippen molar-refractivity contribution in [3.63, 3.8) is 0 Å². The first kappa shape index (κ1) is 16.0. The van der Waals surface area contributed by atoms with Crippen molar-refractivity contribution in [2.75, 3.05) is 5.32 Å². The van der Waals surface area contributed by atoms with Crippen molar-refractivity contribution in [1.82, 2.24) is 9.55 Å². The van der Waals surface area contributed by atoms with Gasteiger partial charge in [0, 0.05) is 29.2 Å². The average Bonchev–Trinajstić information content (AvgIpc) is 3.26. The number of anilines is 1. The summed E-state index contributed by atoms with van der Waals surface area (Å²) in [7, 11) is 0. The largest absolute Gasteiger partial charge is 0.343 e. The quantitative estimate of drug-likeness (QED) is 0.708. The predicted molar refractivity (Wildman–Crippen MR) is 96.6 cm³/mol. The van der Waals surface area contributed by atoms with E-state index in [1.807, 2.05) is 11.4 Å². The zero-order valence-electron chi connectivity index (χ0n) is 13.2. The minimum atomic E-state index is -0.0990. The van der Waals surface area contributed by atoms with Gasteiger partial charge in [0.1, 0.15) is 5.69 Å². The molecule has 0 aliphatic heterocycles. The summed E-state index contributed by atoms with van der Waals surface area (Å²) in [6, 6.07) is 6.18. The minimum Gasteiger partial charge on any atom is -0.343 e. The third-order valence-corrected chi connectivity index (χ3v) is 5.27. The van der Waals surface area contributed by atoms with Crippen LogP contribution in [0.1, 0.15) is 40.7 Å². The highest BCUT2D eigenvalue weighted by molar-refractivity contribution is 7.13. The number of nitrogens with one attached hydrogen (secondary N) is 1. The molecule has 0 saturated carbocycles. The van der Waals surface area contributed by atoms with Crippen molar-refractivity contribution in [3.8, 4) is 0 Å². The van der Waals surface area contributed by atoms with E-state index in [0.717, 1.165) is 13.0 Å². The predicted octanol–water partition coefficient (Wildman–Crippen LogP) is 4.62.